The molecule has 0 aliphatic heterocycles. The molecule has 0 amide bonds. The van der Waals surface area contributed by atoms with E-state index in [4.69, 9.17) is 0 Å². The molecule has 0 aliphatic carbocycles. The zero-order chi connectivity index (χ0) is 9.47. The van der Waals surface area contributed by atoms with Gasteiger partial charge in [-0.2, -0.15) is 0 Å². The molecule has 1 aromatic heterocycles. The Balaban J connectivity index is 2.61. The number of hydrogen-bond acceptors (Lipinski definition) is 2. The van der Waals surface area contributed by atoms with Crippen molar-refractivity contribution in [1.29, 1.82) is 0 Å². The van der Waals surface area contributed by atoms with Gasteiger partial charge in [-0.05, 0) is 6.07 Å². The summed E-state index contributed by atoms with van der Waals surface area (Å²) in [4.78, 5) is 3.82. The van der Waals surface area contributed by atoms with E-state index in [1.165, 1.54) is 22.9 Å². The lowest BCUT2D eigenvalue weighted by atomic mass is 9.80. The molecule has 0 saturated heterocycles. The second kappa shape index (κ2) is 2.73. The van der Waals surface area contributed by atoms with E-state index in [0.717, 1.165) is 16.8 Å². The van der Waals surface area contributed by atoms with Gasteiger partial charge in [-0.25, -0.2) is 4.98 Å². The fourth-order valence-electron chi connectivity index (χ4n) is 1.08. The van der Waals surface area contributed by atoms with Gasteiger partial charge in [-0.3, -0.25) is 0 Å². The van der Waals surface area contributed by atoms with Crippen LogP contribution in [0.1, 0.15) is 0 Å². The van der Waals surface area contributed by atoms with Gasteiger partial charge < -0.3 is 12.9 Å². The first kappa shape index (κ1) is 8.56. The minimum atomic E-state index is -4.90. The molecule has 0 spiro atoms. The van der Waals surface area contributed by atoms with Gasteiger partial charge in [0.1, 0.15) is 0 Å². The van der Waals surface area contributed by atoms with Gasteiger partial charge >= 0.3 is 6.98 Å². The van der Waals surface area contributed by atoms with E-state index >= 15 is 0 Å². The van der Waals surface area contributed by atoms with Crippen molar-refractivity contribution in [3.8, 4) is 0 Å². The third-order valence-electron chi connectivity index (χ3n) is 1.73. The Bertz CT molecular complexity index is 436. The maximum Gasteiger partial charge on any atom is 0.509 e. The summed E-state index contributed by atoms with van der Waals surface area (Å²) in [5.74, 6) is 0. The third kappa shape index (κ3) is 1.53. The summed E-state index contributed by atoms with van der Waals surface area (Å²) < 4.78 is 37.6. The van der Waals surface area contributed by atoms with E-state index in [-0.39, 0.29) is 0 Å². The van der Waals surface area contributed by atoms with Crippen molar-refractivity contribution < 1.29 is 12.9 Å². The largest absolute Gasteiger partial charge is 0.509 e. The van der Waals surface area contributed by atoms with Crippen LogP contribution in [0.25, 0.3) is 10.2 Å². The molecule has 2 aromatic rings. The molecule has 2 rings (SSSR count). The fraction of sp³-hybridized carbons (Fsp3) is 0. The molecular formula is C7H4BF3NS-. The SMILES string of the molecule is F[B-](F)(F)c1ccc2scnc2c1. The smallest absolute Gasteiger partial charge is 0.445 e. The van der Waals surface area contributed by atoms with E-state index in [1.54, 1.807) is 0 Å². The van der Waals surface area contributed by atoms with Crippen LogP contribution >= 0.6 is 11.3 Å². The lowest BCUT2D eigenvalue weighted by Gasteiger charge is -2.13. The van der Waals surface area contributed by atoms with Crippen molar-refractivity contribution in [2.24, 2.45) is 0 Å². The Morgan fingerprint density at radius 2 is 2.00 bits per heavy atom. The zero-order valence-electron chi connectivity index (χ0n) is 6.38. The minimum Gasteiger partial charge on any atom is -0.445 e. The highest BCUT2D eigenvalue weighted by molar-refractivity contribution is 7.16. The molecule has 1 aromatic carbocycles. The number of hydrogen-bond donors (Lipinski definition) is 0. The first-order valence-corrected chi connectivity index (χ1v) is 4.48. The van der Waals surface area contributed by atoms with Crippen LogP contribution in [0.4, 0.5) is 12.9 Å². The molecule has 68 valence electrons. The Morgan fingerprint density at radius 1 is 1.23 bits per heavy atom. The average Bonchev–Trinajstić information content (AvgIpc) is 2.47. The lowest BCUT2D eigenvalue weighted by molar-refractivity contribution is 0.501. The van der Waals surface area contributed by atoms with Crippen molar-refractivity contribution in [3.63, 3.8) is 0 Å². The quantitative estimate of drug-likeness (QED) is 0.646. The Kier molecular flexibility index (Phi) is 1.80. The van der Waals surface area contributed by atoms with E-state index in [1.807, 2.05) is 0 Å². The molecule has 1 nitrogen and oxygen atoms in total. The zero-order valence-corrected chi connectivity index (χ0v) is 7.19. The Labute approximate surface area is 76.3 Å². The van der Waals surface area contributed by atoms with Gasteiger partial charge in [0.2, 0.25) is 0 Å². The third-order valence-corrected chi connectivity index (χ3v) is 2.54. The molecule has 0 radical (unpaired) electrons. The van der Waals surface area contributed by atoms with Crippen LogP contribution in [0.5, 0.6) is 0 Å². The van der Waals surface area contributed by atoms with Crippen LogP contribution in [0, 0.1) is 0 Å². The Hall–Kier alpha value is -1.04. The fourth-order valence-corrected chi connectivity index (χ4v) is 1.74. The van der Waals surface area contributed by atoms with Gasteiger partial charge in [0.15, 0.2) is 0 Å². The predicted octanol–water partition coefficient (Wildman–Crippen LogP) is 2.35. The van der Waals surface area contributed by atoms with Gasteiger partial charge in [0.25, 0.3) is 0 Å². The standard InChI is InChI=1S/C7H4BF3NS/c9-8(10,11)5-1-2-7-6(3-5)12-4-13-7/h1-4H/q-1. The van der Waals surface area contributed by atoms with Crippen LogP contribution in [0.15, 0.2) is 23.7 Å². The summed E-state index contributed by atoms with van der Waals surface area (Å²) in [6.07, 6.45) is 0. The minimum absolute atomic E-state index is 0.418. The number of rotatable bonds is 1. The maximum atomic E-state index is 12.3. The molecular weight excluding hydrogens is 198 g/mol. The summed E-state index contributed by atoms with van der Waals surface area (Å²) >= 11 is 1.34. The maximum absolute atomic E-state index is 12.3. The van der Waals surface area contributed by atoms with Crippen molar-refractivity contribution >= 4 is 34.0 Å². The van der Waals surface area contributed by atoms with E-state index < -0.39 is 12.4 Å². The molecule has 6 heteroatoms. The van der Waals surface area contributed by atoms with Gasteiger partial charge in [-0.1, -0.05) is 12.1 Å². The first-order valence-electron chi connectivity index (χ1n) is 3.60. The van der Waals surface area contributed by atoms with Crippen LogP contribution in [0.2, 0.25) is 0 Å². The second-order valence-electron chi connectivity index (χ2n) is 2.65. The number of aromatic nitrogens is 1. The molecule has 0 fully saturated rings. The second-order valence-corrected chi connectivity index (χ2v) is 3.54. The molecule has 0 unspecified atom stereocenters. The molecule has 0 bridgehead atoms. The summed E-state index contributed by atoms with van der Waals surface area (Å²) in [6.45, 7) is -4.90. The number of fused-ring (bicyclic) bond motifs is 1. The van der Waals surface area contributed by atoms with Crippen molar-refractivity contribution in [2.75, 3.05) is 0 Å². The highest BCUT2D eigenvalue weighted by Gasteiger charge is 2.25. The molecule has 0 saturated carbocycles. The molecule has 0 aliphatic rings. The highest BCUT2D eigenvalue weighted by atomic mass is 32.1. The summed E-state index contributed by atoms with van der Waals surface area (Å²) in [7, 11) is 0. The Morgan fingerprint density at radius 3 is 2.69 bits per heavy atom. The normalized spacial score (nSPS) is 12.2. The van der Waals surface area contributed by atoms with E-state index in [9.17, 15) is 12.9 Å². The van der Waals surface area contributed by atoms with Crippen LogP contribution in [0.3, 0.4) is 0 Å². The number of halogens is 3. The summed E-state index contributed by atoms with van der Waals surface area (Å²) in [5.41, 5.74) is 1.37. The van der Waals surface area contributed by atoms with Crippen LogP contribution < -0.4 is 5.46 Å². The van der Waals surface area contributed by atoms with Crippen molar-refractivity contribution in [3.05, 3.63) is 23.7 Å². The van der Waals surface area contributed by atoms with Gasteiger partial charge in [-0.15, -0.1) is 16.8 Å². The molecule has 0 N–H and O–H groups in total. The number of benzene rings is 1. The average molecular weight is 202 g/mol. The van der Waals surface area contributed by atoms with E-state index in [2.05, 4.69) is 4.98 Å². The molecule has 0 atom stereocenters. The van der Waals surface area contributed by atoms with Crippen LogP contribution in [-0.2, 0) is 0 Å². The molecule has 13 heavy (non-hydrogen) atoms. The van der Waals surface area contributed by atoms with Gasteiger partial charge in [0.05, 0.1) is 15.7 Å². The lowest BCUT2D eigenvalue weighted by Crippen LogP contribution is -2.33. The monoisotopic (exact) mass is 202 g/mol. The van der Waals surface area contributed by atoms with E-state index in [0.29, 0.717) is 5.52 Å². The number of nitrogens with zero attached hydrogens (tertiary/aromatic N) is 1. The number of thiazole rings is 1. The first-order chi connectivity index (χ1) is 6.07. The van der Waals surface area contributed by atoms with Crippen LogP contribution in [-0.4, -0.2) is 12.0 Å². The highest BCUT2D eigenvalue weighted by Crippen LogP contribution is 2.18. The van der Waals surface area contributed by atoms with Crippen molar-refractivity contribution in [1.82, 2.24) is 4.98 Å². The summed E-state index contributed by atoms with van der Waals surface area (Å²) in [6, 6.07) is 3.64. The topological polar surface area (TPSA) is 12.9 Å². The molecule has 1 heterocycles. The van der Waals surface area contributed by atoms with Gasteiger partial charge in [0, 0.05) is 0 Å². The summed E-state index contributed by atoms with van der Waals surface area (Å²) in [5, 5.41) is 0. The van der Waals surface area contributed by atoms with Crippen molar-refractivity contribution in [2.45, 2.75) is 0 Å². The predicted molar refractivity (Wildman–Crippen MR) is 48.3 cm³/mol.